The number of nitrogens with two attached hydrogens (primary N) is 1. The second kappa shape index (κ2) is 11.8. The molecule has 3 aromatic rings. The predicted molar refractivity (Wildman–Crippen MR) is 147 cm³/mol. The largest absolute Gasteiger partial charge is 0.490 e. The predicted octanol–water partition coefficient (Wildman–Crippen LogP) is 4.05. The molecule has 2 aromatic carbocycles. The summed E-state index contributed by atoms with van der Waals surface area (Å²) >= 11 is 0. The average molecular weight is 517 g/mol. The Morgan fingerprint density at radius 3 is 2.39 bits per heavy atom. The molecule has 4 N–H and O–H groups in total. The van der Waals surface area contributed by atoms with Crippen LogP contribution in [0.4, 0.5) is 4.79 Å². The van der Waals surface area contributed by atoms with Crippen LogP contribution in [0.15, 0.2) is 48.7 Å². The molecule has 0 bridgehead atoms. The van der Waals surface area contributed by atoms with Crippen molar-refractivity contribution in [3.8, 4) is 23.1 Å². The molecule has 0 saturated heterocycles. The maximum absolute atomic E-state index is 13.0. The van der Waals surface area contributed by atoms with Crippen LogP contribution in [-0.4, -0.2) is 40.2 Å². The van der Waals surface area contributed by atoms with Crippen LogP contribution >= 0.6 is 0 Å². The van der Waals surface area contributed by atoms with Gasteiger partial charge in [0.25, 0.3) is 5.91 Å². The normalized spacial score (nSPS) is 12.1. The fourth-order valence-corrected chi connectivity index (χ4v) is 4.18. The van der Waals surface area contributed by atoms with Crippen molar-refractivity contribution in [2.24, 2.45) is 12.8 Å². The number of nitrogens with one attached hydrogen (secondary N) is 2. The van der Waals surface area contributed by atoms with Crippen LogP contribution in [0.25, 0.3) is 11.3 Å². The number of carbonyl (C=O) groups excluding carboxylic acids is 2. The summed E-state index contributed by atoms with van der Waals surface area (Å²) in [6.45, 7) is 10.3. The van der Waals surface area contributed by atoms with E-state index in [0.29, 0.717) is 17.7 Å². The van der Waals surface area contributed by atoms with E-state index >= 15 is 0 Å². The van der Waals surface area contributed by atoms with E-state index in [1.165, 1.54) is 6.07 Å². The highest BCUT2D eigenvalue weighted by molar-refractivity contribution is 5.95. The van der Waals surface area contributed by atoms with Gasteiger partial charge in [0.15, 0.2) is 0 Å². The molecular weight excluding hydrogens is 480 g/mol. The van der Waals surface area contributed by atoms with E-state index in [2.05, 4.69) is 37.5 Å². The molecule has 0 aliphatic carbocycles. The monoisotopic (exact) mass is 516 g/mol. The van der Waals surface area contributed by atoms with Gasteiger partial charge in [0, 0.05) is 36.3 Å². The van der Waals surface area contributed by atoms with Gasteiger partial charge in [-0.15, -0.1) is 0 Å². The summed E-state index contributed by atoms with van der Waals surface area (Å²) in [7, 11) is 1.99. The molecule has 1 aromatic heterocycles. The Labute approximate surface area is 224 Å². The summed E-state index contributed by atoms with van der Waals surface area (Å²) in [6, 6.07) is 13.7. The van der Waals surface area contributed by atoms with E-state index in [1.54, 1.807) is 12.1 Å². The van der Waals surface area contributed by atoms with Crippen LogP contribution in [0, 0.1) is 11.3 Å². The van der Waals surface area contributed by atoms with Crippen LogP contribution < -0.4 is 21.1 Å². The van der Waals surface area contributed by atoms with Crippen molar-refractivity contribution >= 4 is 11.9 Å². The molecule has 3 amide bonds. The Balaban J connectivity index is 1.76. The molecule has 9 nitrogen and oxygen atoms in total. The number of aromatic nitrogens is 2. The average Bonchev–Trinajstić information content (AvgIpc) is 3.25. The Morgan fingerprint density at radius 2 is 1.84 bits per heavy atom. The SMILES string of the molecule is CC(C)Oc1ccc(C(=O)NC(CNC(N)=O)Cc2ccc(-c3cn(C)c(C(C)(C)C)n3)cc2)cc1C#N. The maximum atomic E-state index is 13.0. The Bertz CT molecular complexity index is 1330. The van der Waals surface area contributed by atoms with E-state index in [9.17, 15) is 14.9 Å². The summed E-state index contributed by atoms with van der Waals surface area (Å²) in [5.41, 5.74) is 8.66. The van der Waals surface area contributed by atoms with Crippen molar-refractivity contribution < 1.29 is 14.3 Å². The van der Waals surface area contributed by atoms with Gasteiger partial charge in [0.2, 0.25) is 0 Å². The van der Waals surface area contributed by atoms with Gasteiger partial charge in [0.1, 0.15) is 17.6 Å². The molecule has 0 radical (unpaired) electrons. The third-order valence-electron chi connectivity index (χ3n) is 5.86. The minimum absolute atomic E-state index is 0.0679. The van der Waals surface area contributed by atoms with Gasteiger partial charge in [-0.1, -0.05) is 45.0 Å². The fraction of sp³-hybridized carbons (Fsp3) is 0.379. The molecule has 0 aliphatic heterocycles. The van der Waals surface area contributed by atoms with Gasteiger partial charge < -0.3 is 25.7 Å². The lowest BCUT2D eigenvalue weighted by Gasteiger charge is -2.20. The molecule has 1 atom stereocenters. The highest BCUT2D eigenvalue weighted by atomic mass is 16.5. The fourth-order valence-electron chi connectivity index (χ4n) is 4.18. The third-order valence-corrected chi connectivity index (χ3v) is 5.86. The number of carbonyl (C=O) groups is 2. The molecule has 1 heterocycles. The molecular formula is C29H36N6O3. The number of amides is 3. The summed E-state index contributed by atoms with van der Waals surface area (Å²) in [5.74, 6) is 1.06. The first-order valence-electron chi connectivity index (χ1n) is 12.6. The van der Waals surface area contributed by atoms with E-state index < -0.39 is 12.1 Å². The van der Waals surface area contributed by atoms with Gasteiger partial charge in [-0.2, -0.15) is 5.26 Å². The topological polar surface area (TPSA) is 135 Å². The number of nitriles is 1. The van der Waals surface area contributed by atoms with E-state index in [4.69, 9.17) is 15.5 Å². The number of hydrogen-bond acceptors (Lipinski definition) is 5. The van der Waals surface area contributed by atoms with Gasteiger partial charge in [-0.25, -0.2) is 9.78 Å². The zero-order valence-corrected chi connectivity index (χ0v) is 22.8. The van der Waals surface area contributed by atoms with Crippen LogP contribution in [0.3, 0.4) is 0 Å². The Morgan fingerprint density at radius 1 is 1.16 bits per heavy atom. The highest BCUT2D eigenvalue weighted by Crippen LogP contribution is 2.26. The van der Waals surface area contributed by atoms with Gasteiger partial charge in [0.05, 0.1) is 23.4 Å². The zero-order chi connectivity index (χ0) is 28.0. The van der Waals surface area contributed by atoms with Crippen molar-refractivity contribution in [1.82, 2.24) is 20.2 Å². The maximum Gasteiger partial charge on any atom is 0.312 e. The van der Waals surface area contributed by atoms with E-state index in [-0.39, 0.29) is 29.5 Å². The lowest BCUT2D eigenvalue weighted by Crippen LogP contribution is -2.46. The third kappa shape index (κ3) is 7.35. The van der Waals surface area contributed by atoms with Crippen LogP contribution in [0.5, 0.6) is 5.75 Å². The van der Waals surface area contributed by atoms with Gasteiger partial charge in [-0.05, 0) is 44.0 Å². The second-order valence-electron chi connectivity index (χ2n) is 10.6. The Hall–Kier alpha value is -4.32. The summed E-state index contributed by atoms with van der Waals surface area (Å²) in [5, 5.41) is 15.0. The van der Waals surface area contributed by atoms with Crippen molar-refractivity contribution in [1.29, 1.82) is 5.26 Å². The molecule has 0 spiro atoms. The van der Waals surface area contributed by atoms with E-state index in [0.717, 1.165) is 22.6 Å². The highest BCUT2D eigenvalue weighted by Gasteiger charge is 2.21. The molecule has 200 valence electrons. The number of aryl methyl sites for hydroxylation is 1. The molecule has 0 aliphatic rings. The molecule has 1 unspecified atom stereocenters. The number of hydrogen-bond donors (Lipinski definition) is 3. The minimum atomic E-state index is -0.675. The van der Waals surface area contributed by atoms with Crippen molar-refractivity contribution in [3.05, 3.63) is 71.2 Å². The molecule has 38 heavy (non-hydrogen) atoms. The number of primary amides is 1. The quantitative estimate of drug-likeness (QED) is 0.394. The first-order valence-corrected chi connectivity index (χ1v) is 12.6. The summed E-state index contributed by atoms with van der Waals surface area (Å²) in [4.78, 5) is 29.2. The molecule has 0 fully saturated rings. The van der Waals surface area contributed by atoms with Crippen LogP contribution in [0.2, 0.25) is 0 Å². The summed E-state index contributed by atoms with van der Waals surface area (Å²) < 4.78 is 7.69. The first-order chi connectivity index (χ1) is 17.9. The zero-order valence-electron chi connectivity index (χ0n) is 22.8. The number of benzene rings is 2. The lowest BCUT2D eigenvalue weighted by atomic mass is 9.96. The van der Waals surface area contributed by atoms with Crippen LogP contribution in [0.1, 0.15) is 61.9 Å². The lowest BCUT2D eigenvalue weighted by molar-refractivity contribution is 0.0936. The standard InChI is InChI=1S/C29H36N6O3/c1-18(2)38-25-12-11-21(14-22(25)15-30)26(36)33-23(16-32-28(31)37)13-19-7-9-20(10-8-19)24-17-35(6)27(34-24)29(3,4)5/h7-12,14,17-18,23H,13,16H2,1-6H3,(H,33,36)(H3,31,32,37). The van der Waals surface area contributed by atoms with Crippen molar-refractivity contribution in [2.45, 2.75) is 58.6 Å². The molecule has 9 heteroatoms. The molecule has 3 rings (SSSR count). The molecule has 0 saturated carbocycles. The van der Waals surface area contributed by atoms with Gasteiger partial charge >= 0.3 is 6.03 Å². The number of ether oxygens (including phenoxy) is 1. The van der Waals surface area contributed by atoms with Gasteiger partial charge in [-0.3, -0.25) is 4.79 Å². The number of imidazole rings is 1. The Kier molecular flexibility index (Phi) is 8.79. The second-order valence-corrected chi connectivity index (χ2v) is 10.6. The van der Waals surface area contributed by atoms with Crippen LogP contribution in [-0.2, 0) is 18.9 Å². The van der Waals surface area contributed by atoms with E-state index in [1.807, 2.05) is 55.9 Å². The minimum Gasteiger partial charge on any atom is -0.490 e. The smallest absolute Gasteiger partial charge is 0.312 e. The number of rotatable bonds is 9. The van der Waals surface area contributed by atoms with Crippen molar-refractivity contribution in [2.75, 3.05) is 6.54 Å². The summed E-state index contributed by atoms with van der Waals surface area (Å²) in [6.07, 6.45) is 2.37. The number of urea groups is 1. The van der Waals surface area contributed by atoms with Crippen molar-refractivity contribution in [3.63, 3.8) is 0 Å². The first kappa shape index (κ1) is 28.3. The number of nitrogens with zero attached hydrogens (tertiary/aromatic N) is 3.